The average Bonchev–Trinajstić information content (AvgIpc) is 3.25. The normalized spacial score (nSPS) is 10.8. The molecule has 146 valence electrons. The lowest BCUT2D eigenvalue weighted by Gasteiger charge is -2.14. The van der Waals surface area contributed by atoms with Crippen LogP contribution < -0.4 is 5.32 Å². The number of nitrogens with one attached hydrogen (secondary N) is 1. The smallest absolute Gasteiger partial charge is 0.137 e. The molecule has 0 bridgehead atoms. The van der Waals surface area contributed by atoms with Crippen LogP contribution in [0.3, 0.4) is 0 Å². The average molecular weight is 407 g/mol. The van der Waals surface area contributed by atoms with Crippen molar-refractivity contribution in [1.82, 2.24) is 14.8 Å². The summed E-state index contributed by atoms with van der Waals surface area (Å²) in [6, 6.07) is 20.9. The molecule has 0 amide bonds. The highest BCUT2D eigenvalue weighted by Crippen LogP contribution is 2.31. The summed E-state index contributed by atoms with van der Waals surface area (Å²) in [5, 5.41) is 7.80. The molecule has 0 radical (unpaired) electrons. The van der Waals surface area contributed by atoms with E-state index < -0.39 is 0 Å². The van der Waals surface area contributed by atoms with Gasteiger partial charge in [-0.15, -0.1) is 0 Å². The molecule has 1 heterocycles. The summed E-state index contributed by atoms with van der Waals surface area (Å²) >= 11 is 6.17. The van der Waals surface area contributed by atoms with E-state index in [0.29, 0.717) is 10.7 Å². The molecule has 0 fully saturated rings. The number of nitrogens with zero attached hydrogens (tertiary/aromatic N) is 3. The van der Waals surface area contributed by atoms with Crippen molar-refractivity contribution < 1.29 is 4.39 Å². The third-order valence-electron chi connectivity index (χ3n) is 4.70. The summed E-state index contributed by atoms with van der Waals surface area (Å²) < 4.78 is 15.2. The molecule has 1 aromatic heterocycles. The van der Waals surface area contributed by atoms with Crippen LogP contribution in [0.5, 0.6) is 0 Å². The van der Waals surface area contributed by atoms with Crippen molar-refractivity contribution in [1.29, 1.82) is 0 Å². The van der Waals surface area contributed by atoms with Gasteiger partial charge in [-0.2, -0.15) is 5.10 Å². The van der Waals surface area contributed by atoms with Gasteiger partial charge in [0.25, 0.3) is 0 Å². The highest BCUT2D eigenvalue weighted by atomic mass is 35.5. The second kappa shape index (κ2) is 8.88. The minimum atomic E-state index is -0.353. The summed E-state index contributed by atoms with van der Waals surface area (Å²) in [7, 11) is 0. The fourth-order valence-corrected chi connectivity index (χ4v) is 3.50. The quantitative estimate of drug-likeness (QED) is 0.402. The van der Waals surface area contributed by atoms with Crippen molar-refractivity contribution in [2.45, 2.75) is 19.4 Å². The molecule has 3 aromatic carbocycles. The van der Waals surface area contributed by atoms with E-state index in [4.69, 9.17) is 11.6 Å². The van der Waals surface area contributed by atoms with Crippen molar-refractivity contribution in [2.24, 2.45) is 0 Å². The van der Waals surface area contributed by atoms with Crippen LogP contribution >= 0.6 is 11.6 Å². The molecule has 0 saturated heterocycles. The van der Waals surface area contributed by atoms with Crippen LogP contribution in [0, 0.1) is 5.82 Å². The van der Waals surface area contributed by atoms with Crippen LogP contribution in [0.4, 0.5) is 15.8 Å². The van der Waals surface area contributed by atoms with Crippen molar-refractivity contribution in [3.05, 3.63) is 95.8 Å². The molecule has 0 aliphatic heterocycles. The Morgan fingerprint density at radius 2 is 1.86 bits per heavy atom. The minimum Gasteiger partial charge on any atom is -0.354 e. The number of halogens is 2. The molecule has 29 heavy (non-hydrogen) atoms. The van der Waals surface area contributed by atoms with Crippen molar-refractivity contribution in [3.8, 4) is 11.1 Å². The zero-order chi connectivity index (χ0) is 20.1. The highest BCUT2D eigenvalue weighted by Gasteiger charge is 2.09. The molecule has 0 saturated carbocycles. The van der Waals surface area contributed by atoms with Crippen LogP contribution in [0.15, 0.2) is 79.4 Å². The molecular formula is C23H20ClFN4. The van der Waals surface area contributed by atoms with E-state index in [1.807, 2.05) is 28.9 Å². The maximum Gasteiger partial charge on any atom is 0.137 e. The van der Waals surface area contributed by atoms with Gasteiger partial charge in [-0.3, -0.25) is 4.68 Å². The van der Waals surface area contributed by atoms with E-state index in [-0.39, 0.29) is 5.82 Å². The van der Waals surface area contributed by atoms with E-state index in [9.17, 15) is 4.39 Å². The van der Waals surface area contributed by atoms with Gasteiger partial charge >= 0.3 is 0 Å². The third-order valence-corrected chi connectivity index (χ3v) is 5.02. The van der Waals surface area contributed by atoms with Gasteiger partial charge in [-0.1, -0.05) is 48.0 Å². The molecular weight excluding hydrogens is 387 g/mol. The van der Waals surface area contributed by atoms with Crippen molar-refractivity contribution in [3.63, 3.8) is 0 Å². The van der Waals surface area contributed by atoms with E-state index in [1.54, 1.807) is 18.7 Å². The molecule has 4 rings (SSSR count). The third kappa shape index (κ3) is 4.81. The van der Waals surface area contributed by atoms with E-state index in [1.165, 1.54) is 17.7 Å². The van der Waals surface area contributed by atoms with Gasteiger partial charge in [-0.05, 0) is 59.9 Å². The second-order valence-corrected chi connectivity index (χ2v) is 7.16. The molecule has 4 nitrogen and oxygen atoms in total. The SMILES string of the molecule is Fc1ccc(Nc2ccc(CCCn3cncn3)c(-c3ccccc3)c2)c(Cl)c1. The van der Waals surface area contributed by atoms with E-state index >= 15 is 0 Å². The number of rotatable bonds is 7. The Morgan fingerprint density at radius 1 is 1.00 bits per heavy atom. The Bertz CT molecular complexity index is 1080. The lowest BCUT2D eigenvalue weighted by Crippen LogP contribution is -2.01. The zero-order valence-electron chi connectivity index (χ0n) is 15.7. The van der Waals surface area contributed by atoms with Gasteiger partial charge < -0.3 is 5.32 Å². The van der Waals surface area contributed by atoms with Crippen LogP contribution in [0.2, 0.25) is 5.02 Å². The number of benzene rings is 3. The summed E-state index contributed by atoms with van der Waals surface area (Å²) in [4.78, 5) is 3.99. The lowest BCUT2D eigenvalue weighted by molar-refractivity contribution is 0.577. The molecule has 0 spiro atoms. The van der Waals surface area contributed by atoms with Crippen LogP contribution in [-0.2, 0) is 13.0 Å². The van der Waals surface area contributed by atoms with Crippen LogP contribution in [0.25, 0.3) is 11.1 Å². The zero-order valence-corrected chi connectivity index (χ0v) is 16.5. The summed E-state index contributed by atoms with van der Waals surface area (Å²) in [6.45, 7) is 0.819. The van der Waals surface area contributed by atoms with Gasteiger partial charge in [0.2, 0.25) is 0 Å². The topological polar surface area (TPSA) is 42.7 Å². The molecule has 0 atom stereocenters. The van der Waals surface area contributed by atoms with E-state index in [2.05, 4.69) is 39.7 Å². The Balaban J connectivity index is 1.59. The molecule has 0 aliphatic carbocycles. The number of aryl methyl sites for hydroxylation is 2. The lowest BCUT2D eigenvalue weighted by atomic mass is 9.96. The summed E-state index contributed by atoms with van der Waals surface area (Å²) in [5.41, 5.74) is 5.14. The predicted octanol–water partition coefficient (Wildman–Crippen LogP) is 6.11. The second-order valence-electron chi connectivity index (χ2n) is 6.75. The first-order valence-electron chi connectivity index (χ1n) is 9.42. The Hall–Kier alpha value is -3.18. The Kier molecular flexibility index (Phi) is 5.86. The first kappa shape index (κ1) is 19.2. The first-order valence-corrected chi connectivity index (χ1v) is 9.80. The Morgan fingerprint density at radius 3 is 2.62 bits per heavy atom. The van der Waals surface area contributed by atoms with Gasteiger partial charge in [0.15, 0.2) is 0 Å². The van der Waals surface area contributed by atoms with Gasteiger partial charge in [0, 0.05) is 12.2 Å². The number of anilines is 2. The maximum absolute atomic E-state index is 13.3. The minimum absolute atomic E-state index is 0.350. The predicted molar refractivity (Wildman–Crippen MR) is 115 cm³/mol. The highest BCUT2D eigenvalue weighted by molar-refractivity contribution is 6.33. The monoisotopic (exact) mass is 406 g/mol. The van der Waals surface area contributed by atoms with Gasteiger partial charge in [-0.25, -0.2) is 9.37 Å². The first-order chi connectivity index (χ1) is 14.2. The van der Waals surface area contributed by atoms with Crippen molar-refractivity contribution in [2.75, 3.05) is 5.32 Å². The van der Waals surface area contributed by atoms with Crippen LogP contribution in [0.1, 0.15) is 12.0 Å². The standard InChI is InChI=1S/C23H20ClFN4/c24-22-13-19(25)9-11-23(22)28-20-10-8-18(7-4-12-29-16-26-15-27-29)21(14-20)17-5-2-1-3-6-17/h1-3,5-6,8-11,13-16,28H,4,7,12H2. The molecule has 6 heteroatoms. The van der Waals surface area contributed by atoms with Gasteiger partial charge in [0.1, 0.15) is 18.5 Å². The summed E-state index contributed by atoms with van der Waals surface area (Å²) in [6.07, 6.45) is 5.16. The van der Waals surface area contributed by atoms with Crippen molar-refractivity contribution >= 4 is 23.0 Å². The molecule has 4 aromatic rings. The number of hydrogen-bond donors (Lipinski definition) is 1. The molecule has 1 N–H and O–H groups in total. The van der Waals surface area contributed by atoms with E-state index in [0.717, 1.165) is 36.2 Å². The summed E-state index contributed by atoms with van der Waals surface area (Å²) in [5.74, 6) is -0.353. The maximum atomic E-state index is 13.3. The largest absolute Gasteiger partial charge is 0.354 e. The number of hydrogen-bond acceptors (Lipinski definition) is 3. The van der Waals surface area contributed by atoms with Crippen LogP contribution in [-0.4, -0.2) is 14.8 Å². The number of aromatic nitrogens is 3. The Labute approximate surface area is 174 Å². The fraction of sp³-hybridized carbons (Fsp3) is 0.130. The molecule has 0 unspecified atom stereocenters. The fourth-order valence-electron chi connectivity index (χ4n) is 3.28. The molecule has 0 aliphatic rings. The van der Waals surface area contributed by atoms with Gasteiger partial charge in [0.05, 0.1) is 10.7 Å².